The van der Waals surface area contributed by atoms with Crippen LogP contribution >= 0.6 is 0 Å². The summed E-state index contributed by atoms with van der Waals surface area (Å²) in [5, 5.41) is 3.26. The number of likely N-dealkylation sites (N-methyl/N-ethyl adjacent to an activating group) is 2. The summed E-state index contributed by atoms with van der Waals surface area (Å²) in [7, 11) is 10.5. The van der Waals surface area contributed by atoms with E-state index in [9.17, 15) is 0 Å². The molecule has 0 saturated heterocycles. The van der Waals surface area contributed by atoms with Crippen LogP contribution in [0.3, 0.4) is 0 Å². The second-order valence-electron chi connectivity index (χ2n) is 17.9. The molecule has 0 spiro atoms. The highest BCUT2D eigenvalue weighted by molar-refractivity contribution is 5.48. The number of hydrogen-bond acceptors (Lipinski definition) is 15. The molecule has 15 heteroatoms. The van der Waals surface area contributed by atoms with Crippen molar-refractivity contribution in [2.24, 2.45) is 0 Å². The second kappa shape index (κ2) is 53.3. The molecule has 0 aliphatic heterocycles. The Morgan fingerprint density at radius 3 is 1.09 bits per heavy atom. The molecule has 0 aliphatic rings. The van der Waals surface area contributed by atoms with Crippen LogP contribution in [0.4, 0.5) is 28.4 Å². The number of ether oxygens (including phenoxy) is 10. The summed E-state index contributed by atoms with van der Waals surface area (Å²) in [6, 6.07) is 52.2. The van der Waals surface area contributed by atoms with E-state index in [4.69, 9.17) is 47.4 Å². The number of methoxy groups -OCH3 is 5. The number of nitrogens with zero attached hydrogens (tertiary/aromatic N) is 4. The highest BCUT2D eigenvalue weighted by Gasteiger charge is 2.10. The van der Waals surface area contributed by atoms with Crippen molar-refractivity contribution in [2.75, 3.05) is 212 Å². The van der Waals surface area contributed by atoms with Crippen LogP contribution in [0.1, 0.15) is 34.1 Å². The molecule has 5 rings (SSSR count). The lowest BCUT2D eigenvalue weighted by atomic mass is 10.2. The second-order valence-corrected chi connectivity index (χ2v) is 17.9. The Morgan fingerprint density at radius 2 is 0.696 bits per heavy atom. The smallest absolute Gasteiger partial charge is 0.0701 e. The van der Waals surface area contributed by atoms with Gasteiger partial charge in [-0.15, -0.1) is 0 Å². The van der Waals surface area contributed by atoms with E-state index in [1.54, 1.807) is 35.5 Å². The minimum absolute atomic E-state index is 0.475. The van der Waals surface area contributed by atoms with Gasteiger partial charge in [0.25, 0.3) is 0 Å². The van der Waals surface area contributed by atoms with Gasteiger partial charge in [-0.2, -0.15) is 0 Å². The molecule has 0 heterocycles. The minimum atomic E-state index is 0.475. The lowest BCUT2D eigenvalue weighted by molar-refractivity contribution is 0.0736. The zero-order valence-electron chi connectivity index (χ0n) is 50.1. The van der Waals surface area contributed by atoms with Gasteiger partial charge >= 0.3 is 0 Å². The van der Waals surface area contributed by atoms with Gasteiger partial charge in [0, 0.05) is 123 Å². The number of rotatable bonds is 39. The third-order valence-electron chi connectivity index (χ3n) is 11.6. The molecule has 0 bridgehead atoms. The van der Waals surface area contributed by atoms with Crippen molar-refractivity contribution in [2.45, 2.75) is 40.2 Å². The first-order valence-electron chi connectivity index (χ1n) is 28.1. The van der Waals surface area contributed by atoms with Crippen LogP contribution in [0, 0.1) is 0 Å². The van der Waals surface area contributed by atoms with Gasteiger partial charge in [0.1, 0.15) is 0 Å². The van der Waals surface area contributed by atoms with Crippen molar-refractivity contribution in [1.82, 2.24) is 0 Å². The van der Waals surface area contributed by atoms with E-state index in [1.807, 2.05) is 66.7 Å². The standard InChI is InChI=1S/2C14H23NO2.C13H21NO2.C12H19NO2.C11H17NO2/c1-13(2)15(9-10-17-12-11-16-3)14-7-5-4-6-8-14;1-3-9-15(10-11-17-13-12-16-2)14-7-5-4-6-8-14;1-3-14(9-10-16-12-11-15-2)13-7-5-4-6-8-13;1-13(8-9-15-11-10-14-2)12-6-4-3-5-7-12;1-13-9-10-14-8-7-12-11-5-3-2-4-6-11/h4-8,13H,9-12H2,1-3H3;4-8H,3,9-13H2,1-2H3;4-8H,3,9-12H2,1-2H3;3-7H,8-11H2,1-2H3;2-6,12H,7-10H2,1H3. The fraction of sp³-hybridized carbons (Fsp3) is 0.531. The highest BCUT2D eigenvalue weighted by atomic mass is 16.5. The number of hydrogen-bond donors (Lipinski definition) is 1. The van der Waals surface area contributed by atoms with Gasteiger partial charge in [0.05, 0.1) is 99.1 Å². The van der Waals surface area contributed by atoms with Gasteiger partial charge in [-0.3, -0.25) is 0 Å². The normalized spacial score (nSPS) is 10.4. The number of benzene rings is 5. The number of nitrogens with one attached hydrogen (secondary N) is 1. The highest BCUT2D eigenvalue weighted by Crippen LogP contribution is 2.17. The van der Waals surface area contributed by atoms with Crippen LogP contribution < -0.4 is 24.9 Å². The monoisotopic (exact) mass is 1100 g/mol. The predicted molar refractivity (Wildman–Crippen MR) is 330 cm³/mol. The lowest BCUT2D eigenvalue weighted by Gasteiger charge is -2.28. The van der Waals surface area contributed by atoms with Crippen LogP contribution in [0.5, 0.6) is 0 Å². The lowest BCUT2D eigenvalue weighted by Crippen LogP contribution is -2.34. The Kier molecular flexibility index (Phi) is 48.4. The van der Waals surface area contributed by atoms with Crippen LogP contribution in [0.25, 0.3) is 0 Å². The Balaban J connectivity index is 0.000000495. The van der Waals surface area contributed by atoms with Crippen molar-refractivity contribution in [3.8, 4) is 0 Å². The zero-order chi connectivity index (χ0) is 57.5. The first kappa shape index (κ1) is 71.7. The summed E-state index contributed by atoms with van der Waals surface area (Å²) in [5.74, 6) is 0. The Bertz CT molecular complexity index is 1970. The topological polar surface area (TPSA) is 117 Å². The molecule has 0 radical (unpaired) electrons. The first-order chi connectivity index (χ1) is 38.8. The van der Waals surface area contributed by atoms with E-state index in [0.717, 1.165) is 84.3 Å². The fourth-order valence-corrected chi connectivity index (χ4v) is 7.26. The van der Waals surface area contributed by atoms with Gasteiger partial charge < -0.3 is 72.3 Å². The molecule has 0 aliphatic carbocycles. The maximum absolute atomic E-state index is 5.51. The summed E-state index contributed by atoms with van der Waals surface area (Å²) in [4.78, 5) is 9.17. The Labute approximate surface area is 478 Å². The van der Waals surface area contributed by atoms with Crippen LogP contribution in [-0.2, 0) is 47.4 Å². The number of anilines is 5. The van der Waals surface area contributed by atoms with Gasteiger partial charge in [0.2, 0.25) is 0 Å². The molecular weight excluding hydrogens is 999 g/mol. The Hall–Kier alpha value is -5.30. The average Bonchev–Trinajstić information content (AvgIpc) is 3.49. The summed E-state index contributed by atoms with van der Waals surface area (Å²) in [6.45, 7) is 25.6. The van der Waals surface area contributed by atoms with Gasteiger partial charge in [-0.1, -0.05) is 97.9 Å². The van der Waals surface area contributed by atoms with Crippen molar-refractivity contribution in [3.05, 3.63) is 152 Å². The summed E-state index contributed by atoms with van der Waals surface area (Å²) < 4.78 is 51.7. The number of para-hydroxylation sites is 5. The Morgan fingerprint density at radius 1 is 0.354 bits per heavy atom. The molecule has 15 nitrogen and oxygen atoms in total. The van der Waals surface area contributed by atoms with E-state index in [2.05, 4.69) is 145 Å². The molecule has 0 amide bonds. The molecule has 0 saturated carbocycles. The van der Waals surface area contributed by atoms with Crippen LogP contribution in [-0.4, -0.2) is 194 Å². The molecule has 0 aromatic heterocycles. The van der Waals surface area contributed by atoms with Crippen molar-refractivity contribution in [1.29, 1.82) is 0 Å². The summed E-state index contributed by atoms with van der Waals surface area (Å²) in [6.07, 6.45) is 1.15. The molecule has 79 heavy (non-hydrogen) atoms. The van der Waals surface area contributed by atoms with Gasteiger partial charge in [-0.25, -0.2) is 0 Å². The van der Waals surface area contributed by atoms with E-state index >= 15 is 0 Å². The fourth-order valence-electron chi connectivity index (χ4n) is 7.26. The minimum Gasteiger partial charge on any atom is -0.383 e. The molecule has 0 unspecified atom stereocenters. The molecule has 5 aromatic carbocycles. The van der Waals surface area contributed by atoms with E-state index in [1.165, 1.54) is 22.7 Å². The summed E-state index contributed by atoms with van der Waals surface area (Å²) >= 11 is 0. The largest absolute Gasteiger partial charge is 0.383 e. The van der Waals surface area contributed by atoms with E-state index < -0.39 is 0 Å². The van der Waals surface area contributed by atoms with Gasteiger partial charge in [-0.05, 0) is 87.9 Å². The third-order valence-corrected chi connectivity index (χ3v) is 11.6. The molecule has 1 N–H and O–H groups in total. The van der Waals surface area contributed by atoms with Crippen LogP contribution in [0.15, 0.2) is 152 Å². The maximum atomic E-state index is 5.51. The quantitative estimate of drug-likeness (QED) is 0.0376. The summed E-state index contributed by atoms with van der Waals surface area (Å²) in [5.41, 5.74) is 6.11. The van der Waals surface area contributed by atoms with Crippen LogP contribution in [0.2, 0.25) is 0 Å². The third kappa shape index (κ3) is 39.7. The first-order valence-corrected chi connectivity index (χ1v) is 28.1. The SMILES string of the molecule is CCCN(CCOCCOC)c1ccccc1.CCN(CCOCCOC)c1ccccc1.COCCOCCN(C)c1ccccc1.COCCOCCN(c1ccccc1)C(C)C.COCCOCCNc1ccccc1. The van der Waals surface area contributed by atoms with Gasteiger partial charge in [0.15, 0.2) is 0 Å². The van der Waals surface area contributed by atoms with Crippen molar-refractivity contribution < 1.29 is 47.4 Å². The maximum Gasteiger partial charge on any atom is 0.0701 e. The average molecular weight is 1100 g/mol. The molecular formula is C64H103N5O10. The molecule has 0 fully saturated rings. The van der Waals surface area contributed by atoms with E-state index in [-0.39, 0.29) is 0 Å². The molecule has 5 aromatic rings. The van der Waals surface area contributed by atoms with Crippen molar-refractivity contribution in [3.63, 3.8) is 0 Å². The molecule has 444 valence electrons. The zero-order valence-corrected chi connectivity index (χ0v) is 50.1. The van der Waals surface area contributed by atoms with E-state index in [0.29, 0.717) is 78.7 Å². The predicted octanol–water partition coefficient (Wildman–Crippen LogP) is 10.9. The molecule has 0 atom stereocenters. The van der Waals surface area contributed by atoms with Crippen molar-refractivity contribution >= 4 is 28.4 Å².